The first kappa shape index (κ1) is 13.4. The van der Waals surface area contributed by atoms with Gasteiger partial charge in [0.1, 0.15) is 5.03 Å². The van der Waals surface area contributed by atoms with Gasteiger partial charge in [0, 0.05) is 30.0 Å². The number of nitro groups is 1. The second-order valence-electron chi connectivity index (χ2n) is 4.39. The number of aryl methyl sites for hydroxylation is 1. The van der Waals surface area contributed by atoms with Crippen LogP contribution in [0.5, 0.6) is 0 Å². The van der Waals surface area contributed by atoms with E-state index in [1.165, 1.54) is 11.8 Å². The molecule has 0 atom stereocenters. The predicted octanol–water partition coefficient (Wildman–Crippen LogP) is 3.39. The molecule has 0 fully saturated rings. The van der Waals surface area contributed by atoms with Gasteiger partial charge in [-0.1, -0.05) is 0 Å². The van der Waals surface area contributed by atoms with E-state index in [0.29, 0.717) is 15.6 Å². The van der Waals surface area contributed by atoms with E-state index in [1.54, 1.807) is 36.8 Å². The molecule has 0 saturated heterocycles. The van der Waals surface area contributed by atoms with Gasteiger partial charge in [0.25, 0.3) is 5.69 Å². The number of nitro benzene ring substituents is 1. The van der Waals surface area contributed by atoms with Crippen LogP contribution in [-0.2, 0) is 0 Å². The second kappa shape index (κ2) is 5.45. The van der Waals surface area contributed by atoms with Crippen molar-refractivity contribution in [1.82, 2.24) is 15.0 Å². The summed E-state index contributed by atoms with van der Waals surface area (Å²) in [5, 5.41) is 13.7. The SMILES string of the molecule is Cc1cc([N+](=O)[O-])c2ccnc(Sc3ncccn3)c2c1. The first-order chi connectivity index (χ1) is 10.1. The molecule has 0 amide bonds. The topological polar surface area (TPSA) is 81.8 Å². The lowest BCUT2D eigenvalue weighted by atomic mass is 10.1. The minimum Gasteiger partial charge on any atom is -0.258 e. The standard InChI is InChI=1S/C14H10N4O2S/c1-9-7-11-10(12(8-9)18(19)20)3-6-15-13(11)21-14-16-4-2-5-17-14/h2-8H,1H3. The maximum atomic E-state index is 11.2. The quantitative estimate of drug-likeness (QED) is 0.419. The molecule has 0 saturated carbocycles. The van der Waals surface area contributed by atoms with Crippen LogP contribution in [0, 0.1) is 17.0 Å². The zero-order valence-corrected chi connectivity index (χ0v) is 11.9. The Labute approximate surface area is 124 Å². The number of nitrogens with zero attached hydrogens (tertiary/aromatic N) is 4. The summed E-state index contributed by atoms with van der Waals surface area (Å²) >= 11 is 1.29. The normalized spacial score (nSPS) is 10.7. The average molecular weight is 298 g/mol. The van der Waals surface area contributed by atoms with Gasteiger partial charge in [0.15, 0.2) is 5.16 Å². The van der Waals surface area contributed by atoms with Crippen LogP contribution in [-0.4, -0.2) is 19.9 Å². The lowest BCUT2D eigenvalue weighted by Crippen LogP contribution is -1.93. The number of hydrogen-bond donors (Lipinski definition) is 0. The third kappa shape index (κ3) is 2.68. The maximum absolute atomic E-state index is 11.2. The van der Waals surface area contributed by atoms with E-state index in [-0.39, 0.29) is 10.6 Å². The fraction of sp³-hybridized carbons (Fsp3) is 0.0714. The van der Waals surface area contributed by atoms with E-state index < -0.39 is 0 Å². The lowest BCUT2D eigenvalue weighted by Gasteiger charge is -2.06. The van der Waals surface area contributed by atoms with Crippen molar-refractivity contribution >= 4 is 28.2 Å². The molecule has 0 unspecified atom stereocenters. The van der Waals surface area contributed by atoms with Gasteiger partial charge < -0.3 is 0 Å². The Hall–Kier alpha value is -2.54. The first-order valence-electron chi connectivity index (χ1n) is 6.14. The molecule has 3 rings (SSSR count). The Morgan fingerprint density at radius 1 is 1.10 bits per heavy atom. The smallest absolute Gasteiger partial charge is 0.258 e. The third-order valence-electron chi connectivity index (χ3n) is 2.89. The van der Waals surface area contributed by atoms with E-state index >= 15 is 0 Å². The molecule has 3 aromatic rings. The van der Waals surface area contributed by atoms with Gasteiger partial charge in [0.2, 0.25) is 0 Å². The summed E-state index contributed by atoms with van der Waals surface area (Å²) in [6.45, 7) is 1.83. The van der Waals surface area contributed by atoms with Crippen LogP contribution in [0.1, 0.15) is 5.56 Å². The van der Waals surface area contributed by atoms with Crippen LogP contribution in [0.25, 0.3) is 10.8 Å². The monoisotopic (exact) mass is 298 g/mol. The Morgan fingerprint density at radius 2 is 1.86 bits per heavy atom. The molecule has 104 valence electrons. The largest absolute Gasteiger partial charge is 0.277 e. The Bertz CT molecular complexity index is 824. The molecule has 21 heavy (non-hydrogen) atoms. The molecular formula is C14H10N4O2S. The van der Waals surface area contributed by atoms with E-state index in [4.69, 9.17) is 0 Å². The number of aromatic nitrogens is 3. The van der Waals surface area contributed by atoms with Crippen molar-refractivity contribution in [3.8, 4) is 0 Å². The van der Waals surface area contributed by atoms with Crippen molar-refractivity contribution in [1.29, 1.82) is 0 Å². The highest BCUT2D eigenvalue weighted by atomic mass is 32.2. The molecule has 2 heterocycles. The zero-order valence-electron chi connectivity index (χ0n) is 11.1. The highest BCUT2D eigenvalue weighted by molar-refractivity contribution is 7.99. The van der Waals surface area contributed by atoms with Crippen molar-refractivity contribution in [2.24, 2.45) is 0 Å². The third-order valence-corrected chi connectivity index (χ3v) is 3.80. The fourth-order valence-corrected chi connectivity index (χ4v) is 2.83. The molecule has 6 nitrogen and oxygen atoms in total. The Balaban J connectivity index is 2.18. The van der Waals surface area contributed by atoms with Crippen LogP contribution in [0.15, 0.2) is 53.0 Å². The van der Waals surface area contributed by atoms with Gasteiger partial charge in [0.05, 0.1) is 10.3 Å². The summed E-state index contributed by atoms with van der Waals surface area (Å²) in [5.41, 5.74) is 0.904. The number of benzene rings is 1. The molecule has 1 aromatic carbocycles. The molecular weight excluding hydrogens is 288 g/mol. The van der Waals surface area contributed by atoms with Gasteiger partial charge >= 0.3 is 0 Å². The minimum atomic E-state index is -0.372. The van der Waals surface area contributed by atoms with Crippen LogP contribution in [0.2, 0.25) is 0 Å². The first-order valence-corrected chi connectivity index (χ1v) is 6.95. The Kier molecular flexibility index (Phi) is 3.49. The number of fused-ring (bicyclic) bond motifs is 1. The summed E-state index contributed by atoms with van der Waals surface area (Å²) in [7, 11) is 0. The van der Waals surface area contributed by atoms with Crippen LogP contribution < -0.4 is 0 Å². The van der Waals surface area contributed by atoms with E-state index in [9.17, 15) is 10.1 Å². The van der Waals surface area contributed by atoms with Crippen molar-refractivity contribution in [3.63, 3.8) is 0 Å². The van der Waals surface area contributed by atoms with Crippen LogP contribution >= 0.6 is 11.8 Å². The Morgan fingerprint density at radius 3 is 2.57 bits per heavy atom. The van der Waals surface area contributed by atoms with Gasteiger partial charge in [-0.3, -0.25) is 10.1 Å². The van der Waals surface area contributed by atoms with Gasteiger partial charge in [-0.2, -0.15) is 0 Å². The highest BCUT2D eigenvalue weighted by Crippen LogP contribution is 2.34. The molecule has 0 N–H and O–H groups in total. The highest BCUT2D eigenvalue weighted by Gasteiger charge is 2.16. The van der Waals surface area contributed by atoms with Gasteiger partial charge in [-0.05, 0) is 42.4 Å². The lowest BCUT2D eigenvalue weighted by molar-refractivity contribution is -0.383. The summed E-state index contributed by atoms with van der Waals surface area (Å²) in [5.74, 6) is 0. The van der Waals surface area contributed by atoms with E-state index in [0.717, 1.165) is 10.9 Å². The molecule has 0 bridgehead atoms. The zero-order chi connectivity index (χ0) is 14.8. The van der Waals surface area contributed by atoms with E-state index in [2.05, 4.69) is 15.0 Å². The molecule has 0 aliphatic rings. The molecule has 7 heteroatoms. The average Bonchev–Trinajstić information content (AvgIpc) is 2.48. The van der Waals surface area contributed by atoms with Crippen molar-refractivity contribution in [2.45, 2.75) is 17.1 Å². The second-order valence-corrected chi connectivity index (χ2v) is 5.34. The maximum Gasteiger partial charge on any atom is 0.277 e. The molecule has 0 radical (unpaired) electrons. The van der Waals surface area contributed by atoms with Crippen molar-refractivity contribution in [2.75, 3.05) is 0 Å². The van der Waals surface area contributed by atoms with Gasteiger partial charge in [-0.15, -0.1) is 0 Å². The van der Waals surface area contributed by atoms with Crippen LogP contribution in [0.3, 0.4) is 0 Å². The summed E-state index contributed by atoms with van der Waals surface area (Å²) in [4.78, 5) is 23.4. The van der Waals surface area contributed by atoms with Crippen molar-refractivity contribution < 1.29 is 4.92 Å². The number of non-ortho nitro benzene ring substituents is 1. The number of pyridine rings is 1. The summed E-state index contributed by atoms with van der Waals surface area (Å²) in [6.07, 6.45) is 4.86. The number of hydrogen-bond acceptors (Lipinski definition) is 6. The minimum absolute atomic E-state index is 0.0863. The molecule has 0 spiro atoms. The summed E-state index contributed by atoms with van der Waals surface area (Å²) < 4.78 is 0. The molecule has 0 aliphatic heterocycles. The number of rotatable bonds is 3. The van der Waals surface area contributed by atoms with Crippen LogP contribution in [0.4, 0.5) is 5.69 Å². The molecule has 0 aliphatic carbocycles. The van der Waals surface area contributed by atoms with Gasteiger partial charge in [-0.25, -0.2) is 15.0 Å². The predicted molar refractivity (Wildman–Crippen MR) is 79.3 cm³/mol. The van der Waals surface area contributed by atoms with Crippen molar-refractivity contribution in [3.05, 3.63) is 58.5 Å². The molecule has 2 aromatic heterocycles. The van der Waals surface area contributed by atoms with E-state index in [1.807, 2.05) is 13.0 Å². The summed E-state index contributed by atoms with van der Waals surface area (Å²) in [6, 6.07) is 6.84. The fourth-order valence-electron chi connectivity index (χ4n) is 2.04.